The standard InChI is InChI=1S/C18H17Cl2NO3/c1-12(18(23)21-16-10-14(19)9-15(20)11-16)24-17(22)8-7-13-5-3-2-4-6-13/h2-6,9-12H,7-8H2,1H3,(H,21,23). The van der Waals surface area contributed by atoms with Gasteiger partial charge in [-0.15, -0.1) is 0 Å². The Morgan fingerprint density at radius 2 is 1.71 bits per heavy atom. The highest BCUT2D eigenvalue weighted by molar-refractivity contribution is 6.35. The highest BCUT2D eigenvalue weighted by Gasteiger charge is 2.18. The number of ether oxygens (including phenoxy) is 1. The smallest absolute Gasteiger partial charge is 0.306 e. The van der Waals surface area contributed by atoms with Crippen molar-refractivity contribution in [2.75, 3.05) is 5.32 Å². The second-order valence-electron chi connectivity index (χ2n) is 5.27. The zero-order valence-electron chi connectivity index (χ0n) is 13.1. The molecule has 0 saturated heterocycles. The first-order chi connectivity index (χ1) is 11.4. The van der Waals surface area contributed by atoms with Crippen LogP contribution in [0.1, 0.15) is 18.9 Å². The maximum Gasteiger partial charge on any atom is 0.306 e. The highest BCUT2D eigenvalue weighted by Crippen LogP contribution is 2.22. The zero-order chi connectivity index (χ0) is 17.5. The van der Waals surface area contributed by atoms with Gasteiger partial charge in [-0.05, 0) is 37.1 Å². The third-order valence-corrected chi connectivity index (χ3v) is 3.70. The minimum Gasteiger partial charge on any atom is -0.453 e. The average molecular weight is 366 g/mol. The predicted octanol–water partition coefficient (Wildman–Crippen LogP) is 4.50. The van der Waals surface area contributed by atoms with Crippen LogP contribution in [0.5, 0.6) is 0 Å². The van der Waals surface area contributed by atoms with Gasteiger partial charge in [0.2, 0.25) is 0 Å². The maximum atomic E-state index is 12.1. The van der Waals surface area contributed by atoms with Crippen LogP contribution in [0, 0.1) is 0 Å². The van der Waals surface area contributed by atoms with Crippen molar-refractivity contribution >= 4 is 40.8 Å². The number of amides is 1. The van der Waals surface area contributed by atoms with Gasteiger partial charge in [-0.2, -0.15) is 0 Å². The van der Waals surface area contributed by atoms with Crippen LogP contribution in [0.15, 0.2) is 48.5 Å². The number of hydrogen-bond acceptors (Lipinski definition) is 3. The van der Waals surface area contributed by atoms with E-state index in [0.717, 1.165) is 5.56 Å². The number of hydrogen-bond donors (Lipinski definition) is 1. The fourth-order valence-corrected chi connectivity index (χ4v) is 2.60. The Kier molecular flexibility index (Phi) is 6.64. The lowest BCUT2D eigenvalue weighted by Crippen LogP contribution is -2.30. The van der Waals surface area contributed by atoms with Crippen LogP contribution >= 0.6 is 23.2 Å². The Morgan fingerprint density at radius 3 is 2.33 bits per heavy atom. The fraction of sp³-hybridized carbons (Fsp3) is 0.222. The molecule has 1 unspecified atom stereocenters. The van der Waals surface area contributed by atoms with Gasteiger partial charge in [0.25, 0.3) is 5.91 Å². The van der Waals surface area contributed by atoms with Gasteiger partial charge in [0, 0.05) is 22.2 Å². The minimum atomic E-state index is -0.911. The zero-order valence-corrected chi connectivity index (χ0v) is 14.6. The van der Waals surface area contributed by atoms with Crippen molar-refractivity contribution in [1.29, 1.82) is 0 Å². The fourth-order valence-electron chi connectivity index (χ4n) is 2.07. The minimum absolute atomic E-state index is 0.213. The SMILES string of the molecule is CC(OC(=O)CCc1ccccc1)C(=O)Nc1cc(Cl)cc(Cl)c1. The van der Waals surface area contributed by atoms with Crippen molar-refractivity contribution < 1.29 is 14.3 Å². The number of halogens is 2. The van der Waals surface area contributed by atoms with E-state index < -0.39 is 18.0 Å². The Balaban J connectivity index is 1.83. The molecule has 1 N–H and O–H groups in total. The number of benzene rings is 2. The summed E-state index contributed by atoms with van der Waals surface area (Å²) in [5.74, 6) is -0.868. The first-order valence-electron chi connectivity index (χ1n) is 7.44. The monoisotopic (exact) mass is 365 g/mol. The molecule has 0 spiro atoms. The van der Waals surface area contributed by atoms with Gasteiger partial charge in [-0.1, -0.05) is 53.5 Å². The van der Waals surface area contributed by atoms with Crippen molar-refractivity contribution in [2.45, 2.75) is 25.9 Å². The number of esters is 1. The number of nitrogens with one attached hydrogen (secondary N) is 1. The Hall–Kier alpha value is -2.04. The summed E-state index contributed by atoms with van der Waals surface area (Å²) in [5, 5.41) is 3.43. The van der Waals surface area contributed by atoms with E-state index in [1.54, 1.807) is 18.2 Å². The van der Waals surface area contributed by atoms with Crippen molar-refractivity contribution in [3.63, 3.8) is 0 Å². The predicted molar refractivity (Wildman–Crippen MR) is 95.4 cm³/mol. The summed E-state index contributed by atoms with van der Waals surface area (Å²) >= 11 is 11.8. The van der Waals surface area contributed by atoms with Crippen LogP contribution in [0.25, 0.3) is 0 Å². The lowest BCUT2D eigenvalue weighted by molar-refractivity contribution is -0.153. The van der Waals surface area contributed by atoms with Gasteiger partial charge >= 0.3 is 5.97 Å². The molecule has 1 atom stereocenters. The van der Waals surface area contributed by atoms with E-state index in [2.05, 4.69) is 5.32 Å². The van der Waals surface area contributed by atoms with E-state index >= 15 is 0 Å². The third kappa shape index (κ3) is 5.87. The lowest BCUT2D eigenvalue weighted by atomic mass is 10.1. The molecule has 2 aromatic carbocycles. The number of carbonyl (C=O) groups excluding carboxylic acids is 2. The topological polar surface area (TPSA) is 55.4 Å². The number of aryl methyl sites for hydroxylation is 1. The molecule has 24 heavy (non-hydrogen) atoms. The van der Waals surface area contributed by atoms with Gasteiger partial charge in [0.1, 0.15) is 0 Å². The summed E-state index contributed by atoms with van der Waals surface area (Å²) in [4.78, 5) is 23.9. The Morgan fingerprint density at radius 1 is 1.08 bits per heavy atom. The molecule has 0 aliphatic rings. The van der Waals surface area contributed by atoms with Gasteiger partial charge < -0.3 is 10.1 Å². The molecule has 0 aliphatic heterocycles. The molecule has 0 heterocycles. The molecule has 0 fully saturated rings. The molecule has 126 valence electrons. The first-order valence-corrected chi connectivity index (χ1v) is 8.20. The summed E-state index contributed by atoms with van der Waals surface area (Å²) < 4.78 is 5.15. The normalized spacial score (nSPS) is 11.6. The molecule has 0 bridgehead atoms. The van der Waals surface area contributed by atoms with Crippen molar-refractivity contribution in [1.82, 2.24) is 0 Å². The Bertz CT molecular complexity index is 699. The van der Waals surface area contributed by atoms with E-state index in [-0.39, 0.29) is 6.42 Å². The second-order valence-corrected chi connectivity index (χ2v) is 6.14. The van der Waals surface area contributed by atoms with E-state index in [1.807, 2.05) is 30.3 Å². The van der Waals surface area contributed by atoms with E-state index in [0.29, 0.717) is 22.2 Å². The molecule has 0 saturated carbocycles. The second kappa shape index (κ2) is 8.71. The van der Waals surface area contributed by atoms with Gasteiger partial charge in [0.15, 0.2) is 6.10 Å². The van der Waals surface area contributed by atoms with Crippen molar-refractivity contribution in [2.24, 2.45) is 0 Å². The molecular weight excluding hydrogens is 349 g/mol. The van der Waals surface area contributed by atoms with Gasteiger partial charge in [-0.3, -0.25) is 9.59 Å². The lowest BCUT2D eigenvalue weighted by Gasteiger charge is -2.14. The van der Waals surface area contributed by atoms with E-state index in [1.165, 1.54) is 6.92 Å². The molecule has 4 nitrogen and oxygen atoms in total. The largest absolute Gasteiger partial charge is 0.453 e. The third-order valence-electron chi connectivity index (χ3n) is 3.27. The Labute approximate surface area is 150 Å². The van der Waals surface area contributed by atoms with E-state index in [9.17, 15) is 9.59 Å². The van der Waals surface area contributed by atoms with E-state index in [4.69, 9.17) is 27.9 Å². The number of anilines is 1. The quantitative estimate of drug-likeness (QED) is 0.766. The summed E-state index contributed by atoms with van der Waals surface area (Å²) in [6.45, 7) is 1.52. The summed E-state index contributed by atoms with van der Waals surface area (Å²) in [6, 6.07) is 14.3. The molecule has 2 aromatic rings. The molecule has 0 aliphatic carbocycles. The van der Waals surface area contributed by atoms with Gasteiger partial charge in [-0.25, -0.2) is 0 Å². The maximum absolute atomic E-state index is 12.1. The van der Waals surface area contributed by atoms with Crippen molar-refractivity contribution in [3.05, 3.63) is 64.1 Å². The number of carbonyl (C=O) groups is 2. The average Bonchev–Trinajstić information content (AvgIpc) is 2.53. The van der Waals surface area contributed by atoms with Crippen LogP contribution in [0.3, 0.4) is 0 Å². The van der Waals surface area contributed by atoms with Crippen LogP contribution in [0.4, 0.5) is 5.69 Å². The van der Waals surface area contributed by atoms with Crippen LogP contribution in [0.2, 0.25) is 10.0 Å². The summed E-state index contributed by atoms with van der Waals surface area (Å²) in [5.41, 5.74) is 1.49. The number of rotatable bonds is 6. The first kappa shape index (κ1) is 18.3. The van der Waals surface area contributed by atoms with Crippen LogP contribution in [-0.2, 0) is 20.7 Å². The molecule has 2 rings (SSSR count). The molecule has 0 aromatic heterocycles. The van der Waals surface area contributed by atoms with Crippen LogP contribution in [-0.4, -0.2) is 18.0 Å². The summed E-state index contributed by atoms with van der Waals surface area (Å²) in [7, 11) is 0. The van der Waals surface area contributed by atoms with Crippen LogP contribution < -0.4 is 5.32 Å². The highest BCUT2D eigenvalue weighted by atomic mass is 35.5. The van der Waals surface area contributed by atoms with Gasteiger partial charge in [0.05, 0.1) is 0 Å². The molecule has 6 heteroatoms. The molecule has 0 radical (unpaired) electrons. The molecule has 1 amide bonds. The van der Waals surface area contributed by atoms with Crippen molar-refractivity contribution in [3.8, 4) is 0 Å². The summed E-state index contributed by atoms with van der Waals surface area (Å²) in [6.07, 6.45) is -0.131. The molecular formula is C18H17Cl2NO3.